The van der Waals surface area contributed by atoms with Crippen LogP contribution in [0, 0.1) is 10.5 Å². The third-order valence-corrected chi connectivity index (χ3v) is 3.38. The van der Waals surface area contributed by atoms with E-state index in [0.717, 1.165) is 9.13 Å². The Balaban J connectivity index is 3.56. The Bertz CT molecular complexity index is 457. The first-order valence-corrected chi connectivity index (χ1v) is 6.49. The Morgan fingerprint density at radius 3 is 2.43 bits per heavy atom. The summed E-state index contributed by atoms with van der Waals surface area (Å²) in [6.07, 6.45) is 0. The molecule has 0 unspecified atom stereocenters. The smallest absolute Gasteiger partial charge is 0.240 e. The van der Waals surface area contributed by atoms with Gasteiger partial charge in [-0.05, 0) is 47.2 Å². The van der Waals surface area contributed by atoms with Gasteiger partial charge in [-0.1, -0.05) is 0 Å². The van der Waals surface area contributed by atoms with Crippen LogP contribution >= 0.6 is 22.6 Å². The number of nitrogens with one attached hydrogen (secondary N) is 1. The minimum atomic E-state index is -3.66. The van der Waals surface area contributed by atoms with Crippen LogP contribution in [0.5, 0.6) is 0 Å². The van der Waals surface area contributed by atoms with Crippen molar-refractivity contribution in [3.63, 3.8) is 0 Å². The second-order valence-corrected chi connectivity index (χ2v) is 5.67. The Kier molecular flexibility index (Phi) is 3.38. The minimum absolute atomic E-state index is 0.143. The summed E-state index contributed by atoms with van der Waals surface area (Å²) in [5.74, 6) is 0. The fourth-order valence-electron chi connectivity index (χ4n) is 1.26. The molecule has 0 aliphatic heterocycles. The quantitative estimate of drug-likeness (QED) is 0.805. The first kappa shape index (κ1) is 11.7. The predicted octanol–water partition coefficient (Wildman–Crippen LogP) is 1.29. The fourth-order valence-corrected chi connectivity index (χ4v) is 3.09. The van der Waals surface area contributed by atoms with Crippen molar-refractivity contribution in [1.82, 2.24) is 0 Å². The molecule has 0 amide bonds. The van der Waals surface area contributed by atoms with Gasteiger partial charge < -0.3 is 5.32 Å². The van der Waals surface area contributed by atoms with Crippen LogP contribution in [0.3, 0.4) is 0 Å². The van der Waals surface area contributed by atoms with E-state index in [2.05, 4.69) is 27.9 Å². The number of sulfonamides is 1. The zero-order chi connectivity index (χ0) is 10.9. The maximum Gasteiger partial charge on any atom is 0.240 e. The molecule has 0 aliphatic carbocycles. The number of nitrogens with two attached hydrogens (primary N) is 1. The standard InChI is InChI=1S/C8H11IN2O2S/c1-5-3-6(9)4-7(8(5)11-2)14(10,12)13/h3-4,11H,1-2H3,(H2,10,12,13). The number of halogens is 1. The maximum atomic E-state index is 11.3. The number of aryl methyl sites for hydroxylation is 1. The van der Waals surface area contributed by atoms with Gasteiger partial charge in [0.15, 0.2) is 0 Å². The van der Waals surface area contributed by atoms with Crippen molar-refractivity contribution in [1.29, 1.82) is 0 Å². The highest BCUT2D eigenvalue weighted by molar-refractivity contribution is 14.1. The van der Waals surface area contributed by atoms with Crippen molar-refractivity contribution in [3.05, 3.63) is 21.3 Å². The summed E-state index contributed by atoms with van der Waals surface area (Å²) >= 11 is 2.06. The van der Waals surface area contributed by atoms with E-state index in [1.54, 1.807) is 13.1 Å². The van der Waals surface area contributed by atoms with Crippen LogP contribution in [0.2, 0.25) is 0 Å². The largest absolute Gasteiger partial charge is 0.387 e. The van der Waals surface area contributed by atoms with Crippen LogP contribution in [-0.2, 0) is 10.0 Å². The average Bonchev–Trinajstić information content (AvgIpc) is 2.01. The molecule has 1 aromatic rings. The van der Waals surface area contributed by atoms with Gasteiger partial charge >= 0.3 is 0 Å². The highest BCUT2D eigenvalue weighted by Gasteiger charge is 2.15. The summed E-state index contributed by atoms with van der Waals surface area (Å²) in [4.78, 5) is 0.143. The highest BCUT2D eigenvalue weighted by Crippen LogP contribution is 2.26. The zero-order valence-electron chi connectivity index (χ0n) is 7.83. The van der Waals surface area contributed by atoms with Gasteiger partial charge in [0.05, 0.1) is 5.69 Å². The molecule has 0 fully saturated rings. The molecular weight excluding hydrogens is 315 g/mol. The lowest BCUT2D eigenvalue weighted by atomic mass is 10.2. The second kappa shape index (κ2) is 4.03. The highest BCUT2D eigenvalue weighted by atomic mass is 127. The Hall–Kier alpha value is -0.340. The molecule has 0 spiro atoms. The first-order chi connectivity index (χ1) is 6.36. The molecule has 0 radical (unpaired) electrons. The van der Waals surface area contributed by atoms with Gasteiger partial charge in [0.2, 0.25) is 10.0 Å². The molecule has 0 saturated carbocycles. The molecule has 1 aromatic carbocycles. The van der Waals surface area contributed by atoms with E-state index < -0.39 is 10.0 Å². The number of anilines is 1. The molecule has 4 nitrogen and oxygen atoms in total. The van der Waals surface area contributed by atoms with E-state index in [1.807, 2.05) is 13.0 Å². The van der Waals surface area contributed by atoms with E-state index in [9.17, 15) is 8.42 Å². The van der Waals surface area contributed by atoms with E-state index in [0.29, 0.717) is 5.69 Å². The van der Waals surface area contributed by atoms with Crippen molar-refractivity contribution in [3.8, 4) is 0 Å². The summed E-state index contributed by atoms with van der Waals surface area (Å²) in [6.45, 7) is 1.84. The first-order valence-electron chi connectivity index (χ1n) is 3.87. The van der Waals surface area contributed by atoms with Crippen molar-refractivity contribution >= 4 is 38.3 Å². The third-order valence-electron chi connectivity index (χ3n) is 1.82. The molecule has 0 bridgehead atoms. The van der Waals surface area contributed by atoms with Crippen molar-refractivity contribution < 1.29 is 8.42 Å². The van der Waals surface area contributed by atoms with Crippen molar-refractivity contribution in [2.45, 2.75) is 11.8 Å². The molecule has 0 aromatic heterocycles. The molecule has 0 saturated heterocycles. The molecular formula is C8H11IN2O2S. The van der Waals surface area contributed by atoms with Crippen LogP contribution in [0.1, 0.15) is 5.56 Å². The van der Waals surface area contributed by atoms with E-state index in [-0.39, 0.29) is 4.90 Å². The lowest BCUT2D eigenvalue weighted by Crippen LogP contribution is -2.15. The number of hydrogen-bond acceptors (Lipinski definition) is 3. The van der Waals surface area contributed by atoms with Crippen molar-refractivity contribution in [2.24, 2.45) is 5.14 Å². The summed E-state index contributed by atoms with van der Waals surface area (Å²) in [5.41, 5.74) is 1.43. The number of rotatable bonds is 2. The molecule has 14 heavy (non-hydrogen) atoms. The van der Waals surface area contributed by atoms with Gasteiger partial charge in [0.25, 0.3) is 0 Å². The van der Waals surface area contributed by atoms with Gasteiger partial charge in [-0.3, -0.25) is 0 Å². The van der Waals surface area contributed by atoms with Crippen LogP contribution in [-0.4, -0.2) is 15.5 Å². The van der Waals surface area contributed by atoms with Gasteiger partial charge in [-0.15, -0.1) is 0 Å². The van der Waals surface area contributed by atoms with Crippen molar-refractivity contribution in [2.75, 3.05) is 12.4 Å². The molecule has 0 heterocycles. The lowest BCUT2D eigenvalue weighted by molar-refractivity contribution is 0.598. The van der Waals surface area contributed by atoms with E-state index in [1.165, 1.54) is 0 Å². The average molecular weight is 326 g/mol. The van der Waals surface area contributed by atoms with Crippen LogP contribution < -0.4 is 10.5 Å². The molecule has 78 valence electrons. The normalized spacial score (nSPS) is 11.4. The fraction of sp³-hybridized carbons (Fsp3) is 0.250. The number of primary sulfonamides is 1. The summed E-state index contributed by atoms with van der Waals surface area (Å²) < 4.78 is 23.4. The molecule has 0 atom stereocenters. The summed E-state index contributed by atoms with van der Waals surface area (Å²) in [7, 11) is -1.99. The lowest BCUT2D eigenvalue weighted by Gasteiger charge is -2.10. The van der Waals surface area contributed by atoms with Crippen LogP contribution in [0.15, 0.2) is 17.0 Å². The number of benzene rings is 1. The van der Waals surface area contributed by atoms with E-state index in [4.69, 9.17) is 5.14 Å². The molecule has 6 heteroatoms. The Morgan fingerprint density at radius 2 is 2.00 bits per heavy atom. The van der Waals surface area contributed by atoms with Gasteiger partial charge in [-0.2, -0.15) is 0 Å². The van der Waals surface area contributed by atoms with Gasteiger partial charge in [-0.25, -0.2) is 13.6 Å². The van der Waals surface area contributed by atoms with Crippen LogP contribution in [0.25, 0.3) is 0 Å². The molecule has 1 rings (SSSR count). The predicted molar refractivity (Wildman–Crippen MR) is 64.8 cm³/mol. The van der Waals surface area contributed by atoms with Gasteiger partial charge in [0, 0.05) is 10.6 Å². The Labute approximate surface area is 97.1 Å². The zero-order valence-corrected chi connectivity index (χ0v) is 10.8. The Morgan fingerprint density at radius 1 is 1.43 bits per heavy atom. The third kappa shape index (κ3) is 2.37. The topological polar surface area (TPSA) is 72.2 Å². The second-order valence-electron chi connectivity index (χ2n) is 2.89. The summed E-state index contributed by atoms with van der Waals surface area (Å²) in [6, 6.07) is 3.44. The van der Waals surface area contributed by atoms with E-state index >= 15 is 0 Å². The molecule has 0 aliphatic rings. The van der Waals surface area contributed by atoms with Gasteiger partial charge in [0.1, 0.15) is 4.90 Å². The monoisotopic (exact) mass is 326 g/mol. The minimum Gasteiger partial charge on any atom is -0.387 e. The van der Waals surface area contributed by atoms with Crippen LogP contribution in [0.4, 0.5) is 5.69 Å². The molecule has 3 N–H and O–H groups in total. The summed E-state index contributed by atoms with van der Waals surface area (Å²) in [5, 5.41) is 7.93. The SMILES string of the molecule is CNc1c(C)cc(I)cc1S(N)(=O)=O. The maximum absolute atomic E-state index is 11.3. The number of hydrogen-bond donors (Lipinski definition) is 2.